The summed E-state index contributed by atoms with van der Waals surface area (Å²) in [4.78, 5) is 31.9. The number of esters is 1. The number of aryl methyl sites for hydroxylation is 2. The molecule has 2 rings (SSSR count). The summed E-state index contributed by atoms with van der Waals surface area (Å²) in [6.07, 6.45) is 3.23. The average molecular weight is 412 g/mol. The van der Waals surface area contributed by atoms with Crippen LogP contribution in [0.1, 0.15) is 49.1 Å². The highest BCUT2D eigenvalue weighted by molar-refractivity contribution is 7.99. The van der Waals surface area contributed by atoms with Crippen LogP contribution in [-0.4, -0.2) is 39.7 Å². The van der Waals surface area contributed by atoms with E-state index in [1.165, 1.54) is 0 Å². The van der Waals surface area contributed by atoms with Gasteiger partial charge in [0.1, 0.15) is 5.54 Å². The second-order valence-electron chi connectivity index (χ2n) is 6.64. The summed E-state index contributed by atoms with van der Waals surface area (Å²) in [5.74, 6) is -3.67. The molecule has 28 heavy (non-hydrogen) atoms. The molecule has 1 aliphatic rings. The number of hydrogen-bond acceptors (Lipinski definition) is 7. The number of rotatable bonds is 8. The van der Waals surface area contributed by atoms with Crippen molar-refractivity contribution in [2.45, 2.75) is 68.8 Å². The number of nitrogens with zero attached hydrogens (tertiary/aromatic N) is 3. The minimum absolute atomic E-state index is 0.00303. The summed E-state index contributed by atoms with van der Waals surface area (Å²) >= 11 is 0.271. The number of nitrogens with one attached hydrogen (secondary N) is 1. The molecule has 0 radical (unpaired) electrons. The molecular formula is C18H22F2N4O3S. The molecule has 0 atom stereocenters. The van der Waals surface area contributed by atoms with E-state index in [0.717, 1.165) is 12.8 Å². The van der Waals surface area contributed by atoms with Gasteiger partial charge in [0.05, 0.1) is 6.07 Å². The Bertz CT molecular complexity index is 754. The molecule has 0 aliphatic heterocycles. The number of amides is 1. The van der Waals surface area contributed by atoms with E-state index in [4.69, 9.17) is 4.74 Å². The van der Waals surface area contributed by atoms with Gasteiger partial charge in [0, 0.05) is 17.8 Å². The maximum Gasteiger partial charge on any atom is 0.306 e. The van der Waals surface area contributed by atoms with Crippen LogP contribution in [0.25, 0.3) is 0 Å². The van der Waals surface area contributed by atoms with Gasteiger partial charge in [-0.2, -0.15) is 14.0 Å². The minimum Gasteiger partial charge on any atom is -0.456 e. The standard InChI is InChI=1S/C18H22F2N4O3S/c1-11-13(12(2)23-17(22-11)28-16(19)20)5-6-15(26)27-9-14(25)24-18(10-21)7-3-4-8-18/h16H,3-9H2,1-2H3,(H,24,25). The maximum atomic E-state index is 12.4. The number of halogens is 2. The third-order valence-corrected chi connectivity index (χ3v) is 5.16. The molecule has 1 aromatic heterocycles. The zero-order valence-corrected chi connectivity index (χ0v) is 16.6. The van der Waals surface area contributed by atoms with E-state index in [2.05, 4.69) is 21.4 Å². The largest absolute Gasteiger partial charge is 0.456 e. The Morgan fingerprint density at radius 1 is 1.29 bits per heavy atom. The fourth-order valence-corrected chi connectivity index (χ4v) is 3.73. The Morgan fingerprint density at radius 3 is 2.43 bits per heavy atom. The number of carbonyl (C=O) groups excluding carboxylic acids is 2. The Balaban J connectivity index is 1.82. The van der Waals surface area contributed by atoms with Crippen LogP contribution >= 0.6 is 11.8 Å². The van der Waals surface area contributed by atoms with Gasteiger partial charge in [-0.15, -0.1) is 0 Å². The second-order valence-corrected chi connectivity index (χ2v) is 7.60. The monoisotopic (exact) mass is 412 g/mol. The molecule has 0 spiro atoms. The van der Waals surface area contributed by atoms with Gasteiger partial charge in [0.25, 0.3) is 11.7 Å². The van der Waals surface area contributed by atoms with Gasteiger partial charge in [-0.25, -0.2) is 9.97 Å². The van der Waals surface area contributed by atoms with Crippen molar-refractivity contribution in [2.75, 3.05) is 6.61 Å². The zero-order chi connectivity index (χ0) is 20.7. The lowest BCUT2D eigenvalue weighted by Crippen LogP contribution is -2.46. The van der Waals surface area contributed by atoms with E-state index in [0.29, 0.717) is 29.8 Å². The number of aromatic nitrogens is 2. The summed E-state index contributed by atoms with van der Waals surface area (Å²) in [5.41, 5.74) is 0.888. The number of alkyl halides is 2. The molecule has 1 aliphatic carbocycles. The predicted molar refractivity (Wildman–Crippen MR) is 97.6 cm³/mol. The molecule has 1 N–H and O–H groups in total. The van der Waals surface area contributed by atoms with Gasteiger partial charge in [0.15, 0.2) is 11.8 Å². The fraction of sp³-hybridized carbons (Fsp3) is 0.611. The second kappa shape index (κ2) is 9.78. The van der Waals surface area contributed by atoms with Gasteiger partial charge in [0.2, 0.25) is 0 Å². The lowest BCUT2D eigenvalue weighted by Gasteiger charge is -2.21. The number of nitriles is 1. The molecule has 0 saturated heterocycles. The van der Waals surface area contributed by atoms with Crippen molar-refractivity contribution in [1.29, 1.82) is 5.26 Å². The molecule has 0 unspecified atom stereocenters. The molecular weight excluding hydrogens is 390 g/mol. The van der Waals surface area contributed by atoms with E-state index < -0.39 is 29.8 Å². The number of hydrogen-bond donors (Lipinski definition) is 1. The topological polar surface area (TPSA) is 105 Å². The van der Waals surface area contributed by atoms with Gasteiger partial charge >= 0.3 is 5.97 Å². The molecule has 0 aromatic carbocycles. The van der Waals surface area contributed by atoms with Crippen LogP contribution in [0.2, 0.25) is 0 Å². The van der Waals surface area contributed by atoms with Crippen LogP contribution in [0.15, 0.2) is 5.16 Å². The van der Waals surface area contributed by atoms with Crippen LogP contribution in [0.3, 0.4) is 0 Å². The van der Waals surface area contributed by atoms with E-state index >= 15 is 0 Å². The van der Waals surface area contributed by atoms with Crippen molar-refractivity contribution < 1.29 is 23.1 Å². The van der Waals surface area contributed by atoms with Crippen LogP contribution < -0.4 is 5.32 Å². The Kier molecular flexibility index (Phi) is 7.69. The van der Waals surface area contributed by atoms with Crippen molar-refractivity contribution in [3.63, 3.8) is 0 Å². The quantitative estimate of drug-likeness (QED) is 0.398. The zero-order valence-electron chi connectivity index (χ0n) is 15.8. The van der Waals surface area contributed by atoms with Gasteiger partial charge in [-0.3, -0.25) is 9.59 Å². The van der Waals surface area contributed by atoms with Crippen molar-refractivity contribution in [2.24, 2.45) is 0 Å². The Labute approximate surface area is 166 Å². The van der Waals surface area contributed by atoms with E-state index in [9.17, 15) is 23.6 Å². The Morgan fingerprint density at radius 2 is 1.89 bits per heavy atom. The summed E-state index contributed by atoms with van der Waals surface area (Å²) in [7, 11) is 0. The van der Waals surface area contributed by atoms with Crippen molar-refractivity contribution >= 4 is 23.6 Å². The first-order valence-electron chi connectivity index (χ1n) is 8.91. The normalized spacial score (nSPS) is 15.3. The first kappa shape index (κ1) is 22.0. The molecule has 152 valence electrons. The van der Waals surface area contributed by atoms with Gasteiger partial charge in [-0.05, 0) is 63.3 Å². The van der Waals surface area contributed by atoms with Crippen LogP contribution in [0.5, 0.6) is 0 Å². The molecule has 10 heteroatoms. The number of ether oxygens (including phenoxy) is 1. The first-order chi connectivity index (χ1) is 13.2. The summed E-state index contributed by atoms with van der Waals surface area (Å²) < 4.78 is 29.8. The maximum absolute atomic E-state index is 12.4. The predicted octanol–water partition coefficient (Wildman–Crippen LogP) is 2.84. The molecule has 1 heterocycles. The minimum atomic E-state index is -2.60. The molecule has 7 nitrogen and oxygen atoms in total. The number of thioether (sulfide) groups is 1. The van der Waals surface area contributed by atoms with Crippen LogP contribution in [0, 0.1) is 25.2 Å². The molecule has 1 saturated carbocycles. The van der Waals surface area contributed by atoms with Gasteiger partial charge in [-0.1, -0.05) is 0 Å². The Hall–Kier alpha value is -2.28. The van der Waals surface area contributed by atoms with Gasteiger partial charge < -0.3 is 10.1 Å². The highest BCUT2D eigenvalue weighted by Crippen LogP contribution is 2.28. The molecule has 1 fully saturated rings. The highest BCUT2D eigenvalue weighted by Gasteiger charge is 2.35. The van der Waals surface area contributed by atoms with Crippen molar-refractivity contribution in [1.82, 2.24) is 15.3 Å². The summed E-state index contributed by atoms with van der Waals surface area (Å²) in [6.45, 7) is 2.89. The van der Waals surface area contributed by atoms with E-state index in [1.54, 1.807) is 13.8 Å². The van der Waals surface area contributed by atoms with Crippen molar-refractivity contribution in [3.05, 3.63) is 17.0 Å². The lowest BCUT2D eigenvalue weighted by molar-refractivity contribution is -0.148. The molecule has 1 aromatic rings. The van der Waals surface area contributed by atoms with Crippen LogP contribution in [0.4, 0.5) is 8.78 Å². The summed E-state index contributed by atoms with van der Waals surface area (Å²) in [5, 5.41) is 11.9. The average Bonchev–Trinajstić information content (AvgIpc) is 3.07. The third kappa shape index (κ3) is 6.12. The number of carbonyl (C=O) groups is 2. The highest BCUT2D eigenvalue weighted by atomic mass is 32.2. The smallest absolute Gasteiger partial charge is 0.306 e. The van der Waals surface area contributed by atoms with Crippen molar-refractivity contribution in [3.8, 4) is 6.07 Å². The third-order valence-electron chi connectivity index (χ3n) is 4.59. The molecule has 1 amide bonds. The fourth-order valence-electron chi connectivity index (χ4n) is 3.19. The van der Waals surface area contributed by atoms with E-state index in [1.807, 2.05) is 0 Å². The van der Waals surface area contributed by atoms with E-state index in [-0.39, 0.29) is 29.8 Å². The first-order valence-corrected chi connectivity index (χ1v) is 9.79. The summed E-state index contributed by atoms with van der Waals surface area (Å²) in [6, 6.07) is 2.14. The SMILES string of the molecule is Cc1nc(SC(F)F)nc(C)c1CCC(=O)OCC(=O)NC1(C#N)CCCC1. The van der Waals surface area contributed by atoms with Crippen LogP contribution in [-0.2, 0) is 20.7 Å². The lowest BCUT2D eigenvalue weighted by atomic mass is 10.00. The molecule has 0 bridgehead atoms.